The Bertz CT molecular complexity index is 791. The number of rotatable bonds is 7. The van der Waals surface area contributed by atoms with Crippen molar-refractivity contribution in [3.05, 3.63) is 84.4 Å². The number of hydrogen-bond donors (Lipinski definition) is 2. The van der Waals surface area contributed by atoms with Gasteiger partial charge in [-0.2, -0.15) is 0 Å². The number of benzene rings is 3. The van der Waals surface area contributed by atoms with Crippen molar-refractivity contribution in [2.45, 2.75) is 12.5 Å². The van der Waals surface area contributed by atoms with Crippen LogP contribution in [-0.2, 0) is 0 Å². The Morgan fingerprint density at radius 3 is 1.88 bits per heavy atom. The Hall–Kier alpha value is -2.82. The van der Waals surface area contributed by atoms with Gasteiger partial charge in [0.2, 0.25) is 0 Å². The number of hydrogen-bond acceptors (Lipinski definition) is 4. The van der Waals surface area contributed by atoms with Crippen LogP contribution < -0.4 is 15.2 Å². The topological polar surface area (TPSA) is 64.7 Å². The van der Waals surface area contributed by atoms with Gasteiger partial charge in [-0.05, 0) is 48.4 Å². The minimum Gasteiger partial charge on any atom is -0.453 e. The first-order valence-electron chi connectivity index (χ1n) is 8.22. The molecule has 0 aromatic heterocycles. The summed E-state index contributed by atoms with van der Waals surface area (Å²) >= 11 is 0. The van der Waals surface area contributed by atoms with Crippen molar-refractivity contribution in [2.75, 3.05) is 6.61 Å². The molecular formula is C21H21NO3. The van der Waals surface area contributed by atoms with Gasteiger partial charge in [-0.1, -0.05) is 42.5 Å². The van der Waals surface area contributed by atoms with E-state index < -0.39 is 0 Å². The molecule has 3 aromatic carbocycles. The average Bonchev–Trinajstić information content (AvgIpc) is 2.65. The van der Waals surface area contributed by atoms with Crippen LogP contribution in [0, 0.1) is 0 Å². The first kappa shape index (κ1) is 17.0. The third-order valence-corrected chi connectivity index (χ3v) is 3.78. The molecule has 0 radical (unpaired) electrons. The van der Waals surface area contributed by atoms with Gasteiger partial charge in [0.1, 0.15) is 11.5 Å². The van der Waals surface area contributed by atoms with Gasteiger partial charge in [0.15, 0.2) is 11.5 Å². The number of aliphatic hydroxyl groups excluding tert-OH is 1. The van der Waals surface area contributed by atoms with Gasteiger partial charge >= 0.3 is 0 Å². The highest BCUT2D eigenvalue weighted by Crippen LogP contribution is 2.36. The van der Waals surface area contributed by atoms with E-state index in [4.69, 9.17) is 20.3 Å². The summed E-state index contributed by atoms with van der Waals surface area (Å²) in [7, 11) is 0. The van der Waals surface area contributed by atoms with Crippen LogP contribution in [0.5, 0.6) is 23.0 Å². The summed E-state index contributed by atoms with van der Waals surface area (Å²) in [6.45, 7) is 0.0400. The maximum atomic E-state index is 9.12. The van der Waals surface area contributed by atoms with E-state index >= 15 is 0 Å². The van der Waals surface area contributed by atoms with E-state index in [1.807, 2.05) is 78.9 Å². The molecule has 3 aromatic rings. The Morgan fingerprint density at radius 1 is 0.760 bits per heavy atom. The molecule has 0 aliphatic rings. The molecule has 0 bridgehead atoms. The first-order valence-corrected chi connectivity index (χ1v) is 8.22. The maximum absolute atomic E-state index is 9.12. The second kappa shape index (κ2) is 8.33. The zero-order valence-electron chi connectivity index (χ0n) is 13.8. The molecule has 128 valence electrons. The van der Waals surface area contributed by atoms with Crippen molar-refractivity contribution in [1.29, 1.82) is 0 Å². The summed E-state index contributed by atoms with van der Waals surface area (Å²) < 4.78 is 12.0. The molecule has 0 aliphatic carbocycles. The first-order chi connectivity index (χ1) is 12.3. The molecule has 0 heterocycles. The van der Waals surface area contributed by atoms with E-state index in [1.54, 1.807) is 0 Å². The summed E-state index contributed by atoms with van der Waals surface area (Å²) in [4.78, 5) is 0. The highest BCUT2D eigenvalue weighted by Gasteiger charge is 2.13. The van der Waals surface area contributed by atoms with Gasteiger partial charge in [-0.15, -0.1) is 0 Å². The minimum absolute atomic E-state index is 0.0400. The van der Waals surface area contributed by atoms with Crippen LogP contribution in [0.15, 0.2) is 78.9 Å². The molecule has 0 unspecified atom stereocenters. The number of para-hydroxylation sites is 2. The summed E-state index contributed by atoms with van der Waals surface area (Å²) in [5.41, 5.74) is 7.00. The Kier molecular flexibility index (Phi) is 5.67. The predicted octanol–water partition coefficient (Wildman–Crippen LogP) is 4.65. The molecule has 0 saturated carbocycles. The van der Waals surface area contributed by atoms with Gasteiger partial charge in [0, 0.05) is 12.6 Å². The Balaban J connectivity index is 1.92. The molecule has 0 spiro atoms. The molecule has 4 heteroatoms. The summed E-state index contributed by atoms with van der Waals surface area (Å²) in [6.07, 6.45) is 0.490. The summed E-state index contributed by atoms with van der Waals surface area (Å²) in [5.74, 6) is 2.64. The van der Waals surface area contributed by atoms with E-state index in [1.165, 1.54) is 0 Å². The van der Waals surface area contributed by atoms with Gasteiger partial charge in [-0.3, -0.25) is 0 Å². The molecule has 4 nitrogen and oxygen atoms in total. The van der Waals surface area contributed by atoms with Crippen LogP contribution in [0.25, 0.3) is 0 Å². The van der Waals surface area contributed by atoms with Crippen LogP contribution in [0.1, 0.15) is 18.0 Å². The molecule has 0 fully saturated rings. The summed E-state index contributed by atoms with van der Waals surface area (Å²) in [6, 6.07) is 24.4. The fourth-order valence-corrected chi connectivity index (χ4v) is 2.46. The number of ether oxygens (including phenoxy) is 2. The van der Waals surface area contributed by atoms with E-state index in [9.17, 15) is 0 Å². The number of nitrogens with two attached hydrogens (primary N) is 1. The van der Waals surface area contributed by atoms with E-state index in [2.05, 4.69) is 0 Å². The predicted molar refractivity (Wildman–Crippen MR) is 98.1 cm³/mol. The molecule has 0 aliphatic heterocycles. The summed E-state index contributed by atoms with van der Waals surface area (Å²) in [5, 5.41) is 9.12. The van der Waals surface area contributed by atoms with Crippen LogP contribution in [-0.4, -0.2) is 11.7 Å². The largest absolute Gasteiger partial charge is 0.453 e. The van der Waals surface area contributed by atoms with Crippen LogP contribution in [0.2, 0.25) is 0 Å². The monoisotopic (exact) mass is 335 g/mol. The van der Waals surface area contributed by atoms with Crippen LogP contribution in [0.4, 0.5) is 0 Å². The molecule has 3 N–H and O–H groups in total. The lowest BCUT2D eigenvalue weighted by Crippen LogP contribution is -2.12. The number of aliphatic hydroxyl groups is 1. The van der Waals surface area contributed by atoms with Crippen molar-refractivity contribution in [1.82, 2.24) is 0 Å². The molecule has 25 heavy (non-hydrogen) atoms. The normalized spacial score (nSPS) is 11.8. The highest BCUT2D eigenvalue weighted by atomic mass is 16.5. The molecule has 1 atom stereocenters. The van der Waals surface area contributed by atoms with E-state index in [-0.39, 0.29) is 12.6 Å². The van der Waals surface area contributed by atoms with Crippen molar-refractivity contribution in [2.24, 2.45) is 5.73 Å². The van der Waals surface area contributed by atoms with Gasteiger partial charge in [0.25, 0.3) is 0 Å². The fraction of sp³-hybridized carbons (Fsp3) is 0.143. The van der Waals surface area contributed by atoms with E-state index in [0.29, 0.717) is 23.7 Å². The molecule has 0 saturated heterocycles. The lowest BCUT2D eigenvalue weighted by Gasteiger charge is -2.16. The smallest absolute Gasteiger partial charge is 0.170 e. The van der Waals surface area contributed by atoms with Crippen LogP contribution in [0.3, 0.4) is 0 Å². The molecule has 0 amide bonds. The fourth-order valence-electron chi connectivity index (χ4n) is 2.46. The minimum atomic E-state index is -0.256. The van der Waals surface area contributed by atoms with Crippen molar-refractivity contribution >= 4 is 0 Å². The standard InChI is InChI=1S/C21H21NO3/c22-19(13-14-23)16-11-12-20(24-17-7-3-1-4-8-17)21(15-16)25-18-9-5-2-6-10-18/h1-12,15,19,23H,13-14,22H2/t19-/m1/s1. The maximum Gasteiger partial charge on any atom is 0.170 e. The second-order valence-corrected chi connectivity index (χ2v) is 5.66. The third kappa shape index (κ3) is 4.59. The Morgan fingerprint density at radius 2 is 1.32 bits per heavy atom. The Labute approximate surface area is 147 Å². The molecule has 3 rings (SSSR count). The third-order valence-electron chi connectivity index (χ3n) is 3.78. The zero-order chi connectivity index (χ0) is 17.5. The van der Waals surface area contributed by atoms with Gasteiger partial charge < -0.3 is 20.3 Å². The van der Waals surface area contributed by atoms with E-state index in [0.717, 1.165) is 11.3 Å². The lowest BCUT2D eigenvalue weighted by atomic mass is 10.0. The van der Waals surface area contributed by atoms with Gasteiger partial charge in [-0.25, -0.2) is 0 Å². The van der Waals surface area contributed by atoms with Crippen molar-refractivity contribution < 1.29 is 14.6 Å². The average molecular weight is 335 g/mol. The second-order valence-electron chi connectivity index (χ2n) is 5.66. The quantitative estimate of drug-likeness (QED) is 0.659. The van der Waals surface area contributed by atoms with Crippen LogP contribution >= 0.6 is 0 Å². The van der Waals surface area contributed by atoms with Crippen molar-refractivity contribution in [3.63, 3.8) is 0 Å². The zero-order valence-corrected chi connectivity index (χ0v) is 13.8. The molecular weight excluding hydrogens is 314 g/mol. The van der Waals surface area contributed by atoms with Gasteiger partial charge in [0.05, 0.1) is 0 Å². The SMILES string of the molecule is N[C@H](CCO)c1ccc(Oc2ccccc2)c(Oc2ccccc2)c1. The highest BCUT2D eigenvalue weighted by molar-refractivity contribution is 5.48. The van der Waals surface area contributed by atoms with Crippen molar-refractivity contribution in [3.8, 4) is 23.0 Å². The lowest BCUT2D eigenvalue weighted by molar-refractivity contribution is 0.276.